The van der Waals surface area contributed by atoms with Gasteiger partial charge in [-0.1, -0.05) is 12.1 Å². The lowest BCUT2D eigenvalue weighted by Crippen LogP contribution is -2.18. The summed E-state index contributed by atoms with van der Waals surface area (Å²) in [5.74, 6) is 6.23. The number of nitrogens with two attached hydrogens (primary N) is 1. The van der Waals surface area contributed by atoms with Gasteiger partial charge < -0.3 is 4.74 Å². The van der Waals surface area contributed by atoms with Crippen molar-refractivity contribution >= 4 is 17.0 Å². The van der Waals surface area contributed by atoms with Crippen molar-refractivity contribution in [3.63, 3.8) is 0 Å². The molecule has 0 fully saturated rings. The molecule has 0 aliphatic heterocycles. The van der Waals surface area contributed by atoms with Crippen LogP contribution in [0.5, 0.6) is 5.75 Å². The number of pyridine rings is 2. The van der Waals surface area contributed by atoms with Crippen LogP contribution in [-0.2, 0) is 0 Å². The number of H-pyrrole nitrogens is 1. The number of nitrogens with one attached hydrogen (secondary N) is 2. The predicted molar refractivity (Wildman–Crippen MR) is 103 cm³/mol. The van der Waals surface area contributed by atoms with Gasteiger partial charge >= 0.3 is 0 Å². The Kier molecular flexibility index (Phi) is 4.23. The Balaban J connectivity index is 2.07. The molecule has 0 amide bonds. The Labute approximate surface area is 154 Å². The number of aromatic amines is 1. The zero-order valence-electron chi connectivity index (χ0n) is 14.4. The normalized spacial score (nSPS) is 10.7. The van der Waals surface area contributed by atoms with Gasteiger partial charge in [-0.3, -0.25) is 20.2 Å². The number of methoxy groups -OCH3 is 1. The fourth-order valence-corrected chi connectivity index (χ4v) is 2.89. The van der Waals surface area contributed by atoms with Gasteiger partial charge in [-0.2, -0.15) is 4.98 Å². The lowest BCUT2D eigenvalue weighted by Gasteiger charge is -2.11. The topological polar surface area (TPSA) is 119 Å². The Morgan fingerprint density at radius 3 is 2.70 bits per heavy atom. The van der Waals surface area contributed by atoms with Crippen molar-refractivity contribution < 1.29 is 4.74 Å². The molecule has 3 heterocycles. The summed E-state index contributed by atoms with van der Waals surface area (Å²) in [4.78, 5) is 28.3. The molecule has 1 aromatic carbocycles. The molecule has 0 saturated heterocycles. The van der Waals surface area contributed by atoms with Gasteiger partial charge in [0.1, 0.15) is 5.75 Å². The second kappa shape index (κ2) is 6.85. The van der Waals surface area contributed by atoms with Gasteiger partial charge in [0, 0.05) is 23.5 Å². The second-order valence-electron chi connectivity index (χ2n) is 5.79. The third-order valence-electron chi connectivity index (χ3n) is 4.15. The average Bonchev–Trinajstić information content (AvgIpc) is 2.73. The number of rotatable bonds is 4. The van der Waals surface area contributed by atoms with Crippen LogP contribution < -0.4 is 21.6 Å². The van der Waals surface area contributed by atoms with E-state index in [2.05, 4.69) is 25.4 Å². The van der Waals surface area contributed by atoms with Gasteiger partial charge in [0.05, 0.1) is 18.2 Å². The van der Waals surface area contributed by atoms with E-state index in [1.165, 1.54) is 0 Å². The molecule has 0 unspecified atom stereocenters. The number of ether oxygens (including phenoxy) is 1. The number of nitrogen functional groups attached to an aromatic ring is 1. The van der Waals surface area contributed by atoms with Gasteiger partial charge in [-0.05, 0) is 35.9 Å². The molecule has 4 N–H and O–H groups in total. The second-order valence-corrected chi connectivity index (χ2v) is 5.79. The summed E-state index contributed by atoms with van der Waals surface area (Å²) in [7, 11) is 1.60. The van der Waals surface area contributed by atoms with E-state index in [1.807, 2.05) is 42.5 Å². The number of benzene rings is 1. The van der Waals surface area contributed by atoms with Crippen LogP contribution in [0.25, 0.3) is 33.4 Å². The number of hydrogen-bond donors (Lipinski definition) is 3. The molecule has 8 nitrogen and oxygen atoms in total. The molecule has 0 spiro atoms. The van der Waals surface area contributed by atoms with Crippen molar-refractivity contribution in [3.8, 4) is 28.1 Å². The molecule has 27 heavy (non-hydrogen) atoms. The van der Waals surface area contributed by atoms with Gasteiger partial charge in [0.25, 0.3) is 5.56 Å². The average molecular weight is 360 g/mol. The van der Waals surface area contributed by atoms with Crippen LogP contribution in [0.15, 0.2) is 59.7 Å². The molecule has 0 aliphatic carbocycles. The lowest BCUT2D eigenvalue weighted by atomic mass is 10.0. The van der Waals surface area contributed by atoms with Crippen molar-refractivity contribution in [1.29, 1.82) is 0 Å². The summed E-state index contributed by atoms with van der Waals surface area (Å²) in [5, 5.41) is 0.370. The lowest BCUT2D eigenvalue weighted by molar-refractivity contribution is 0.415. The van der Waals surface area contributed by atoms with E-state index in [4.69, 9.17) is 10.6 Å². The maximum absolute atomic E-state index is 12.7. The van der Waals surface area contributed by atoms with Crippen LogP contribution in [0.4, 0.5) is 5.95 Å². The minimum Gasteiger partial charge on any atom is -0.497 e. The standard InChI is InChI=1S/C19H16N6O2/c1-27-13-6-2-4-11(8-13)14-9-15(12-5-3-7-21-10-12)22-17-16(14)18(26)24-19(23-17)25-20/h2-10H,20H2,1H3,(H2,22,23,24,25,26). The molecule has 8 heteroatoms. The Hall–Kier alpha value is -3.78. The number of nitrogens with zero attached hydrogens (tertiary/aromatic N) is 3. The summed E-state index contributed by atoms with van der Waals surface area (Å²) < 4.78 is 5.32. The third kappa shape index (κ3) is 3.09. The van der Waals surface area contributed by atoms with Crippen molar-refractivity contribution in [2.24, 2.45) is 5.84 Å². The smallest absolute Gasteiger partial charge is 0.262 e. The minimum atomic E-state index is -0.337. The molecule has 4 rings (SSSR count). The maximum atomic E-state index is 12.7. The van der Waals surface area contributed by atoms with E-state index in [-0.39, 0.29) is 17.2 Å². The summed E-state index contributed by atoms with van der Waals surface area (Å²) in [6.07, 6.45) is 3.39. The van der Waals surface area contributed by atoms with E-state index in [1.54, 1.807) is 19.5 Å². The van der Waals surface area contributed by atoms with Crippen molar-refractivity contribution in [2.45, 2.75) is 0 Å². The predicted octanol–water partition coefficient (Wildman–Crippen LogP) is 2.34. The van der Waals surface area contributed by atoms with Crippen molar-refractivity contribution in [2.75, 3.05) is 12.5 Å². The first-order valence-electron chi connectivity index (χ1n) is 8.16. The maximum Gasteiger partial charge on any atom is 0.262 e. The summed E-state index contributed by atoms with van der Waals surface area (Å²) >= 11 is 0. The van der Waals surface area contributed by atoms with Gasteiger partial charge in [-0.15, -0.1) is 0 Å². The third-order valence-corrected chi connectivity index (χ3v) is 4.15. The monoisotopic (exact) mass is 360 g/mol. The molecule has 0 saturated carbocycles. The minimum absolute atomic E-state index is 0.139. The molecule has 4 aromatic rings. The highest BCUT2D eigenvalue weighted by Crippen LogP contribution is 2.31. The molecular weight excluding hydrogens is 344 g/mol. The molecule has 3 aromatic heterocycles. The van der Waals surface area contributed by atoms with E-state index in [0.717, 1.165) is 11.1 Å². The first-order chi connectivity index (χ1) is 13.2. The van der Waals surface area contributed by atoms with Crippen LogP contribution in [0.2, 0.25) is 0 Å². The van der Waals surface area contributed by atoms with E-state index < -0.39 is 0 Å². The van der Waals surface area contributed by atoms with Crippen molar-refractivity contribution in [3.05, 3.63) is 65.2 Å². The fourth-order valence-electron chi connectivity index (χ4n) is 2.89. The molecule has 0 atom stereocenters. The van der Waals surface area contributed by atoms with Crippen LogP contribution >= 0.6 is 0 Å². The molecule has 0 bridgehead atoms. The Morgan fingerprint density at radius 2 is 1.96 bits per heavy atom. The van der Waals surface area contributed by atoms with Crippen LogP contribution in [-0.4, -0.2) is 27.0 Å². The summed E-state index contributed by atoms with van der Waals surface area (Å²) in [5.41, 5.74) is 5.27. The largest absolute Gasteiger partial charge is 0.497 e. The van der Waals surface area contributed by atoms with Gasteiger partial charge in [-0.25, -0.2) is 10.8 Å². The van der Waals surface area contributed by atoms with E-state index in [0.29, 0.717) is 22.4 Å². The molecule has 134 valence electrons. The van der Waals surface area contributed by atoms with Crippen LogP contribution in [0.3, 0.4) is 0 Å². The number of hydrogen-bond acceptors (Lipinski definition) is 7. The zero-order chi connectivity index (χ0) is 18.8. The van der Waals surface area contributed by atoms with E-state index in [9.17, 15) is 4.79 Å². The molecule has 0 radical (unpaired) electrons. The Bertz CT molecular complexity index is 1170. The van der Waals surface area contributed by atoms with Gasteiger partial charge in [0.2, 0.25) is 5.95 Å². The summed E-state index contributed by atoms with van der Waals surface area (Å²) in [6.45, 7) is 0. The van der Waals surface area contributed by atoms with Crippen molar-refractivity contribution in [1.82, 2.24) is 19.9 Å². The SMILES string of the molecule is COc1cccc(-c2cc(-c3cccnc3)nc3nc(NN)[nH]c(=O)c23)c1. The highest BCUT2D eigenvalue weighted by atomic mass is 16.5. The van der Waals surface area contributed by atoms with E-state index >= 15 is 0 Å². The highest BCUT2D eigenvalue weighted by molar-refractivity contribution is 5.95. The first-order valence-corrected chi connectivity index (χ1v) is 8.16. The number of fused-ring (bicyclic) bond motifs is 1. The quantitative estimate of drug-likeness (QED) is 0.377. The Morgan fingerprint density at radius 1 is 1.11 bits per heavy atom. The van der Waals surface area contributed by atoms with Gasteiger partial charge in [0.15, 0.2) is 5.65 Å². The first kappa shape index (κ1) is 16.7. The molecular formula is C19H16N6O2. The fraction of sp³-hybridized carbons (Fsp3) is 0.0526. The number of anilines is 1. The number of aromatic nitrogens is 4. The molecule has 0 aliphatic rings. The zero-order valence-corrected chi connectivity index (χ0v) is 14.4. The van der Waals surface area contributed by atoms with Crippen LogP contribution in [0, 0.1) is 0 Å². The van der Waals surface area contributed by atoms with Crippen LogP contribution in [0.1, 0.15) is 0 Å². The number of hydrazine groups is 1. The summed E-state index contributed by atoms with van der Waals surface area (Å²) in [6, 6.07) is 13.0. The highest BCUT2D eigenvalue weighted by Gasteiger charge is 2.15.